The van der Waals surface area contributed by atoms with E-state index >= 15 is 0 Å². The van der Waals surface area contributed by atoms with Gasteiger partial charge in [-0.05, 0) is 19.8 Å². The molecule has 1 aromatic heterocycles. The van der Waals surface area contributed by atoms with Crippen LogP contribution in [0.15, 0.2) is 10.6 Å². The van der Waals surface area contributed by atoms with Gasteiger partial charge in [0.1, 0.15) is 5.76 Å². The van der Waals surface area contributed by atoms with E-state index in [-0.39, 0.29) is 5.91 Å². The average Bonchev–Trinajstić information content (AvgIpc) is 2.82. The molecule has 2 rings (SSSR count). The predicted octanol–water partition coefficient (Wildman–Crippen LogP) is 1.42. The van der Waals surface area contributed by atoms with Crippen LogP contribution in [-0.2, 0) is 9.53 Å². The molecular weight excluding hydrogens is 246 g/mol. The highest BCUT2D eigenvalue weighted by Gasteiger charge is 2.19. The van der Waals surface area contributed by atoms with Gasteiger partial charge in [0, 0.05) is 39.2 Å². The second-order valence-corrected chi connectivity index (χ2v) is 4.90. The minimum Gasteiger partial charge on any atom is -0.381 e. The Hall–Kier alpha value is -1.40. The largest absolute Gasteiger partial charge is 0.381 e. The van der Waals surface area contributed by atoms with E-state index in [1.54, 1.807) is 20.1 Å². The van der Waals surface area contributed by atoms with E-state index in [2.05, 4.69) is 15.4 Å². The van der Waals surface area contributed by atoms with Crippen molar-refractivity contribution in [1.82, 2.24) is 10.1 Å². The number of amides is 1. The smallest absolute Gasteiger partial charge is 0.226 e. The van der Waals surface area contributed by atoms with Crippen LogP contribution in [0.1, 0.15) is 25.0 Å². The van der Waals surface area contributed by atoms with Crippen LogP contribution in [0.2, 0.25) is 0 Å². The molecule has 6 heteroatoms. The quantitative estimate of drug-likeness (QED) is 0.874. The lowest BCUT2D eigenvalue weighted by atomic mass is 10.1. The number of anilines is 1. The van der Waals surface area contributed by atoms with Gasteiger partial charge in [0.2, 0.25) is 5.91 Å². The summed E-state index contributed by atoms with van der Waals surface area (Å²) in [6.07, 6.45) is 2.94. The minimum absolute atomic E-state index is 0.0258. The summed E-state index contributed by atoms with van der Waals surface area (Å²) in [6, 6.07) is 1.71. The average molecular weight is 267 g/mol. The van der Waals surface area contributed by atoms with Crippen molar-refractivity contribution in [2.24, 2.45) is 0 Å². The van der Waals surface area contributed by atoms with Gasteiger partial charge < -0.3 is 19.5 Å². The van der Waals surface area contributed by atoms with Crippen LogP contribution < -0.4 is 5.32 Å². The summed E-state index contributed by atoms with van der Waals surface area (Å²) >= 11 is 0. The molecule has 1 aliphatic heterocycles. The van der Waals surface area contributed by atoms with Crippen molar-refractivity contribution >= 4 is 11.7 Å². The van der Waals surface area contributed by atoms with Gasteiger partial charge in [0.05, 0.1) is 6.10 Å². The van der Waals surface area contributed by atoms with Gasteiger partial charge in [0.15, 0.2) is 5.82 Å². The second-order valence-electron chi connectivity index (χ2n) is 4.90. The SMILES string of the molecule is COC1CCN(CCC(=O)Nc2cc(C)on2)CC1. The number of hydrogen-bond donors (Lipinski definition) is 1. The molecule has 1 fully saturated rings. The lowest BCUT2D eigenvalue weighted by Crippen LogP contribution is -2.38. The number of aryl methyl sites for hydroxylation is 1. The fourth-order valence-corrected chi connectivity index (χ4v) is 2.26. The minimum atomic E-state index is -0.0258. The Labute approximate surface area is 113 Å². The molecule has 6 nitrogen and oxygen atoms in total. The fraction of sp³-hybridized carbons (Fsp3) is 0.692. The molecule has 0 spiro atoms. The van der Waals surface area contributed by atoms with Gasteiger partial charge in [-0.15, -0.1) is 0 Å². The maximum atomic E-state index is 11.7. The summed E-state index contributed by atoms with van der Waals surface area (Å²) < 4.78 is 10.2. The number of methoxy groups -OCH3 is 1. The molecule has 1 saturated heterocycles. The number of nitrogens with one attached hydrogen (secondary N) is 1. The van der Waals surface area contributed by atoms with Crippen LogP contribution in [-0.4, -0.2) is 48.8 Å². The summed E-state index contributed by atoms with van der Waals surface area (Å²) in [5.74, 6) is 1.15. The van der Waals surface area contributed by atoms with E-state index in [1.807, 2.05) is 0 Å². The molecule has 0 atom stereocenters. The van der Waals surface area contributed by atoms with E-state index in [9.17, 15) is 4.79 Å². The first-order valence-electron chi connectivity index (χ1n) is 6.65. The highest BCUT2D eigenvalue weighted by Crippen LogP contribution is 2.13. The zero-order valence-electron chi connectivity index (χ0n) is 11.5. The monoisotopic (exact) mass is 267 g/mol. The number of ether oxygens (including phenoxy) is 1. The number of nitrogens with zero attached hydrogens (tertiary/aromatic N) is 2. The van der Waals surface area contributed by atoms with E-state index in [0.29, 0.717) is 24.1 Å². The molecule has 0 aromatic carbocycles. The first-order chi connectivity index (χ1) is 9.17. The second kappa shape index (κ2) is 6.68. The summed E-state index contributed by atoms with van der Waals surface area (Å²) in [7, 11) is 1.76. The zero-order valence-corrected chi connectivity index (χ0v) is 11.5. The number of hydrogen-bond acceptors (Lipinski definition) is 5. The van der Waals surface area contributed by atoms with Gasteiger partial charge >= 0.3 is 0 Å². The van der Waals surface area contributed by atoms with Gasteiger partial charge in [-0.3, -0.25) is 4.79 Å². The Balaban J connectivity index is 1.67. The Morgan fingerprint density at radius 3 is 2.89 bits per heavy atom. The maximum absolute atomic E-state index is 11.7. The molecule has 1 N–H and O–H groups in total. The highest BCUT2D eigenvalue weighted by molar-refractivity contribution is 5.89. The maximum Gasteiger partial charge on any atom is 0.226 e. The first-order valence-corrected chi connectivity index (χ1v) is 6.65. The normalized spacial score (nSPS) is 17.6. The van der Waals surface area contributed by atoms with E-state index in [4.69, 9.17) is 9.26 Å². The molecule has 1 aliphatic rings. The number of piperidine rings is 1. The van der Waals surface area contributed by atoms with Crippen molar-refractivity contribution < 1.29 is 14.1 Å². The molecule has 0 aliphatic carbocycles. The fourth-order valence-electron chi connectivity index (χ4n) is 2.26. The van der Waals surface area contributed by atoms with Crippen molar-refractivity contribution in [3.05, 3.63) is 11.8 Å². The number of carbonyl (C=O) groups excluding carboxylic acids is 1. The van der Waals surface area contributed by atoms with Gasteiger partial charge in [-0.25, -0.2) is 0 Å². The molecular formula is C13H21N3O3. The third kappa shape index (κ3) is 4.33. The van der Waals surface area contributed by atoms with Crippen molar-refractivity contribution in [2.45, 2.75) is 32.3 Å². The molecule has 0 bridgehead atoms. The van der Waals surface area contributed by atoms with Gasteiger partial charge in [-0.2, -0.15) is 0 Å². The Morgan fingerprint density at radius 2 is 2.32 bits per heavy atom. The van der Waals surface area contributed by atoms with Crippen LogP contribution in [0, 0.1) is 6.92 Å². The summed E-state index contributed by atoms with van der Waals surface area (Å²) in [5.41, 5.74) is 0. The lowest BCUT2D eigenvalue weighted by molar-refractivity contribution is -0.116. The molecule has 1 amide bonds. The highest BCUT2D eigenvalue weighted by atomic mass is 16.5. The molecule has 1 aromatic rings. The van der Waals surface area contributed by atoms with Crippen LogP contribution in [0.3, 0.4) is 0 Å². The standard InChI is InChI=1S/C13H21N3O3/c1-10-9-12(15-19-10)14-13(17)5-8-16-6-3-11(18-2)4-7-16/h9,11H,3-8H2,1-2H3,(H,14,15,17). The lowest BCUT2D eigenvalue weighted by Gasteiger charge is -2.30. The number of carbonyl (C=O) groups is 1. The number of aromatic nitrogens is 1. The predicted molar refractivity (Wildman–Crippen MR) is 71.0 cm³/mol. The Kier molecular flexibility index (Phi) is 4.93. The van der Waals surface area contributed by atoms with Crippen LogP contribution in [0.5, 0.6) is 0 Å². The Bertz CT molecular complexity index is 411. The molecule has 0 radical (unpaired) electrons. The zero-order chi connectivity index (χ0) is 13.7. The third-order valence-electron chi connectivity index (χ3n) is 3.42. The number of likely N-dealkylation sites (tertiary alicyclic amines) is 1. The molecule has 2 heterocycles. The van der Waals surface area contributed by atoms with E-state index < -0.39 is 0 Å². The molecule has 0 saturated carbocycles. The molecule has 106 valence electrons. The number of rotatable bonds is 5. The van der Waals surface area contributed by atoms with Crippen LogP contribution >= 0.6 is 0 Å². The Morgan fingerprint density at radius 1 is 1.58 bits per heavy atom. The van der Waals surface area contributed by atoms with Gasteiger partial charge in [0.25, 0.3) is 0 Å². The summed E-state index contributed by atoms with van der Waals surface area (Å²) in [6.45, 7) is 4.56. The van der Waals surface area contributed by atoms with Crippen LogP contribution in [0.4, 0.5) is 5.82 Å². The van der Waals surface area contributed by atoms with Crippen molar-refractivity contribution in [1.29, 1.82) is 0 Å². The van der Waals surface area contributed by atoms with Crippen molar-refractivity contribution in [3.8, 4) is 0 Å². The first kappa shape index (κ1) is 14.0. The molecule has 19 heavy (non-hydrogen) atoms. The summed E-state index contributed by atoms with van der Waals surface area (Å²) in [5, 5.41) is 6.46. The van der Waals surface area contributed by atoms with Crippen molar-refractivity contribution in [2.75, 3.05) is 32.1 Å². The van der Waals surface area contributed by atoms with Crippen LogP contribution in [0.25, 0.3) is 0 Å². The van der Waals surface area contributed by atoms with Crippen molar-refractivity contribution in [3.63, 3.8) is 0 Å². The van der Waals surface area contributed by atoms with E-state index in [0.717, 1.165) is 32.5 Å². The van der Waals surface area contributed by atoms with Gasteiger partial charge in [-0.1, -0.05) is 5.16 Å². The topological polar surface area (TPSA) is 67.6 Å². The summed E-state index contributed by atoms with van der Waals surface area (Å²) in [4.78, 5) is 14.0. The van der Waals surface area contributed by atoms with E-state index in [1.165, 1.54) is 0 Å². The third-order valence-corrected chi connectivity index (χ3v) is 3.42. The molecule has 0 unspecified atom stereocenters.